The van der Waals surface area contributed by atoms with Gasteiger partial charge in [0, 0.05) is 17.5 Å². The molecule has 0 aliphatic rings. The van der Waals surface area contributed by atoms with Crippen LogP contribution >= 0.6 is 0 Å². The summed E-state index contributed by atoms with van der Waals surface area (Å²) in [7, 11) is 0. The fraction of sp³-hybridized carbons (Fsp3) is 0.286. The molecule has 3 nitrogen and oxygen atoms in total. The quantitative estimate of drug-likeness (QED) is 0.561. The van der Waals surface area contributed by atoms with E-state index in [-0.39, 0.29) is 0 Å². The van der Waals surface area contributed by atoms with Crippen molar-refractivity contribution in [2.24, 2.45) is 5.73 Å². The van der Waals surface area contributed by atoms with Crippen LogP contribution in [0.2, 0.25) is 0 Å². The number of primary amides is 1. The van der Waals surface area contributed by atoms with Crippen LogP contribution in [0, 0.1) is 0 Å². The van der Waals surface area contributed by atoms with Gasteiger partial charge >= 0.3 is 0 Å². The third-order valence-corrected chi connectivity index (χ3v) is 0.769. The van der Waals surface area contributed by atoms with E-state index in [1.165, 1.54) is 6.08 Å². The first-order valence-corrected chi connectivity index (χ1v) is 2.92. The number of hydrogen-bond acceptors (Lipinski definition) is 2. The van der Waals surface area contributed by atoms with E-state index in [1.54, 1.807) is 13.8 Å². The molecule has 10 heavy (non-hydrogen) atoms. The van der Waals surface area contributed by atoms with Crippen molar-refractivity contribution in [1.82, 2.24) is 5.32 Å². The molecule has 1 amide bonds. The fourth-order valence-electron chi connectivity index (χ4n) is 0.586. The molecular weight excluding hydrogens is 128 g/mol. The Balaban J connectivity index is 3.95. The largest absolute Gasteiger partial charge is 0.366 e. The summed E-state index contributed by atoms with van der Waals surface area (Å²) in [6.45, 7) is 7.15. The smallest absolute Gasteiger partial charge is 0.243 e. The van der Waals surface area contributed by atoms with E-state index in [0.717, 1.165) is 5.70 Å². The van der Waals surface area contributed by atoms with Crippen molar-refractivity contribution in [1.29, 1.82) is 0 Å². The molecule has 0 radical (unpaired) electrons. The van der Waals surface area contributed by atoms with Gasteiger partial charge in [-0.05, 0) is 13.8 Å². The zero-order valence-electron chi connectivity index (χ0n) is 6.27. The van der Waals surface area contributed by atoms with Crippen LogP contribution in [0.25, 0.3) is 0 Å². The highest BCUT2D eigenvalue weighted by atomic mass is 16.1. The van der Waals surface area contributed by atoms with E-state index in [4.69, 9.17) is 5.73 Å². The van der Waals surface area contributed by atoms with Crippen molar-refractivity contribution in [2.45, 2.75) is 13.8 Å². The first-order chi connectivity index (χ1) is 4.52. The SMILES string of the molecule is C=C(C)NC(C)=CC(N)=O. The summed E-state index contributed by atoms with van der Waals surface area (Å²) < 4.78 is 0. The van der Waals surface area contributed by atoms with Gasteiger partial charge in [-0.2, -0.15) is 0 Å². The van der Waals surface area contributed by atoms with Gasteiger partial charge in [-0.25, -0.2) is 0 Å². The lowest BCUT2D eigenvalue weighted by molar-refractivity contribution is -0.113. The van der Waals surface area contributed by atoms with E-state index in [2.05, 4.69) is 11.9 Å². The minimum absolute atomic E-state index is 0.453. The molecule has 0 aromatic heterocycles. The van der Waals surface area contributed by atoms with Crippen molar-refractivity contribution >= 4 is 5.91 Å². The number of rotatable bonds is 3. The molecule has 3 N–H and O–H groups in total. The highest BCUT2D eigenvalue weighted by molar-refractivity contribution is 5.86. The van der Waals surface area contributed by atoms with Crippen LogP contribution in [0.1, 0.15) is 13.8 Å². The Morgan fingerprint density at radius 2 is 2.10 bits per heavy atom. The summed E-state index contributed by atoms with van der Waals surface area (Å²) in [6.07, 6.45) is 1.31. The summed E-state index contributed by atoms with van der Waals surface area (Å²) in [5, 5.41) is 2.84. The molecule has 0 bridgehead atoms. The molecular formula is C7H12N2O. The molecule has 0 aromatic rings. The van der Waals surface area contributed by atoms with Crippen molar-refractivity contribution < 1.29 is 4.79 Å². The molecule has 0 unspecified atom stereocenters. The van der Waals surface area contributed by atoms with Gasteiger partial charge in [0.15, 0.2) is 0 Å². The summed E-state index contributed by atoms with van der Waals surface area (Å²) in [5.74, 6) is -0.453. The molecule has 0 aliphatic heterocycles. The van der Waals surface area contributed by atoms with E-state index in [1.807, 2.05) is 0 Å². The van der Waals surface area contributed by atoms with Crippen LogP contribution in [0.4, 0.5) is 0 Å². The molecule has 56 valence electrons. The van der Waals surface area contributed by atoms with Gasteiger partial charge in [-0.15, -0.1) is 0 Å². The van der Waals surface area contributed by atoms with E-state index in [9.17, 15) is 4.79 Å². The van der Waals surface area contributed by atoms with Gasteiger partial charge in [0.2, 0.25) is 5.91 Å². The highest BCUT2D eigenvalue weighted by Crippen LogP contribution is 1.89. The van der Waals surface area contributed by atoms with Gasteiger partial charge in [-0.1, -0.05) is 6.58 Å². The second kappa shape index (κ2) is 3.71. The Bertz CT molecular complexity index is 182. The monoisotopic (exact) mass is 140 g/mol. The number of carbonyl (C=O) groups is 1. The van der Waals surface area contributed by atoms with Gasteiger partial charge in [-0.3, -0.25) is 4.79 Å². The Hall–Kier alpha value is -1.25. The zero-order valence-corrected chi connectivity index (χ0v) is 6.27. The standard InChI is InChI=1S/C7H12N2O/c1-5(2)9-6(3)4-7(8)10/h4,9H,1H2,2-3H3,(H2,8,10). The number of allylic oxidation sites excluding steroid dienone is 2. The fourth-order valence-corrected chi connectivity index (χ4v) is 0.586. The Morgan fingerprint density at radius 1 is 1.60 bits per heavy atom. The van der Waals surface area contributed by atoms with Crippen LogP contribution in [0.15, 0.2) is 24.0 Å². The second-order valence-electron chi connectivity index (χ2n) is 2.14. The molecule has 0 atom stereocenters. The molecule has 0 spiro atoms. The summed E-state index contributed by atoms with van der Waals surface area (Å²) in [4.78, 5) is 10.3. The zero-order chi connectivity index (χ0) is 8.15. The number of nitrogens with two attached hydrogens (primary N) is 1. The van der Waals surface area contributed by atoms with Crippen molar-refractivity contribution in [3.05, 3.63) is 24.0 Å². The van der Waals surface area contributed by atoms with Crippen LogP contribution < -0.4 is 11.1 Å². The topological polar surface area (TPSA) is 55.1 Å². The van der Waals surface area contributed by atoms with Gasteiger partial charge in [0.05, 0.1) is 0 Å². The Morgan fingerprint density at radius 3 is 2.40 bits per heavy atom. The van der Waals surface area contributed by atoms with E-state index in [0.29, 0.717) is 5.70 Å². The maximum atomic E-state index is 10.3. The van der Waals surface area contributed by atoms with Crippen LogP contribution in [-0.2, 0) is 4.79 Å². The molecule has 0 saturated carbocycles. The summed E-state index contributed by atoms with van der Waals surface area (Å²) >= 11 is 0. The maximum absolute atomic E-state index is 10.3. The number of hydrogen-bond donors (Lipinski definition) is 2. The van der Waals surface area contributed by atoms with Gasteiger partial charge in [0.25, 0.3) is 0 Å². The van der Waals surface area contributed by atoms with E-state index < -0.39 is 5.91 Å². The van der Waals surface area contributed by atoms with Gasteiger partial charge in [0.1, 0.15) is 0 Å². The first kappa shape index (κ1) is 8.75. The molecule has 0 aliphatic carbocycles. The van der Waals surface area contributed by atoms with Crippen molar-refractivity contribution in [2.75, 3.05) is 0 Å². The predicted molar refractivity (Wildman–Crippen MR) is 40.9 cm³/mol. The summed E-state index contributed by atoms with van der Waals surface area (Å²) in [6, 6.07) is 0. The molecule has 0 rings (SSSR count). The van der Waals surface area contributed by atoms with Gasteiger partial charge < -0.3 is 11.1 Å². The predicted octanol–water partition coefficient (Wildman–Crippen LogP) is 0.499. The minimum Gasteiger partial charge on any atom is -0.366 e. The minimum atomic E-state index is -0.453. The van der Waals surface area contributed by atoms with E-state index >= 15 is 0 Å². The second-order valence-corrected chi connectivity index (χ2v) is 2.14. The van der Waals surface area contributed by atoms with Crippen LogP contribution in [0.3, 0.4) is 0 Å². The van der Waals surface area contributed by atoms with Crippen LogP contribution in [0.5, 0.6) is 0 Å². The number of carbonyl (C=O) groups excluding carboxylic acids is 1. The summed E-state index contributed by atoms with van der Waals surface area (Å²) in [5.41, 5.74) is 6.38. The van der Waals surface area contributed by atoms with Crippen molar-refractivity contribution in [3.8, 4) is 0 Å². The third-order valence-electron chi connectivity index (χ3n) is 0.769. The molecule has 3 heteroatoms. The normalized spacial score (nSPS) is 10.8. The Kier molecular flexibility index (Phi) is 3.25. The molecule has 0 saturated heterocycles. The molecule has 0 heterocycles. The number of amides is 1. The van der Waals surface area contributed by atoms with Crippen LogP contribution in [-0.4, -0.2) is 5.91 Å². The lowest BCUT2D eigenvalue weighted by Crippen LogP contribution is -2.13. The average Bonchev–Trinajstić information content (AvgIpc) is 1.58. The number of nitrogens with one attached hydrogen (secondary N) is 1. The van der Waals surface area contributed by atoms with Crippen molar-refractivity contribution in [3.63, 3.8) is 0 Å². The maximum Gasteiger partial charge on any atom is 0.243 e. The lowest BCUT2D eigenvalue weighted by atomic mass is 10.4. The highest BCUT2D eigenvalue weighted by Gasteiger charge is 1.89. The lowest BCUT2D eigenvalue weighted by Gasteiger charge is -2.02. The first-order valence-electron chi connectivity index (χ1n) is 2.92. The third kappa shape index (κ3) is 4.90. The molecule has 0 aromatic carbocycles. The average molecular weight is 140 g/mol. The molecule has 0 fully saturated rings. The Labute approximate surface area is 60.6 Å².